The number of aliphatic hydroxyl groups excluding tert-OH is 6. The maximum absolute atomic E-state index is 13.8. The zero-order valence-corrected chi connectivity index (χ0v) is 31.3. The van der Waals surface area contributed by atoms with E-state index in [2.05, 4.69) is 15.6 Å². The lowest BCUT2D eigenvalue weighted by Gasteiger charge is -2.25. The maximum Gasteiger partial charge on any atom is 0.314 e. The third-order valence-corrected chi connectivity index (χ3v) is 11.7. The first-order chi connectivity index (χ1) is 25.9. The Hall–Kier alpha value is -3.42. The zero-order chi connectivity index (χ0) is 38.9. The van der Waals surface area contributed by atoms with Crippen molar-refractivity contribution in [3.05, 3.63) is 77.1 Å². The summed E-state index contributed by atoms with van der Waals surface area (Å²) < 4.78 is 41.4. The second-order valence-electron chi connectivity index (χ2n) is 13.5. The molecule has 0 aliphatic heterocycles. The zero-order valence-electron chi connectivity index (χ0n) is 29.8. The van der Waals surface area contributed by atoms with Crippen molar-refractivity contribution in [2.45, 2.75) is 86.1 Å². The van der Waals surface area contributed by atoms with E-state index >= 15 is 0 Å². The molecule has 2 saturated carbocycles. The van der Waals surface area contributed by atoms with Crippen molar-refractivity contribution in [2.24, 2.45) is 0 Å². The number of carbonyl (C=O) groups excluding carboxylic acids is 1. The molecular formula is C37H49ClN4O11S. The number of ether oxygens (including phenoxy) is 2. The number of unbranched alkanes of at least 4 members (excludes halogenated alkanes) is 1. The van der Waals surface area contributed by atoms with Crippen molar-refractivity contribution in [1.29, 1.82) is 0 Å². The van der Waals surface area contributed by atoms with Crippen LogP contribution in [-0.4, -0.2) is 124 Å². The minimum Gasteiger partial charge on any atom is -0.490 e. The van der Waals surface area contributed by atoms with Gasteiger partial charge < -0.3 is 50.7 Å². The lowest BCUT2D eigenvalue weighted by atomic mass is 9.96. The summed E-state index contributed by atoms with van der Waals surface area (Å²) in [6.07, 6.45) is 1.14. The second kappa shape index (κ2) is 18.9. The number of hydrogen-bond donors (Lipinski definition) is 8. The molecule has 3 aromatic rings. The summed E-state index contributed by atoms with van der Waals surface area (Å²) in [6, 6.07) is 13.6. The number of aromatic nitrogens is 1. The van der Waals surface area contributed by atoms with E-state index in [0.29, 0.717) is 23.4 Å². The van der Waals surface area contributed by atoms with Gasteiger partial charge in [0, 0.05) is 54.7 Å². The summed E-state index contributed by atoms with van der Waals surface area (Å²) in [5.74, 6) is 0.808. The van der Waals surface area contributed by atoms with Gasteiger partial charge in [0.05, 0.1) is 42.5 Å². The van der Waals surface area contributed by atoms with Gasteiger partial charge in [-0.25, -0.2) is 13.2 Å². The van der Waals surface area contributed by atoms with Crippen LogP contribution in [0.5, 0.6) is 5.75 Å². The van der Waals surface area contributed by atoms with Gasteiger partial charge in [-0.05, 0) is 80.0 Å². The number of amides is 2. The lowest BCUT2D eigenvalue weighted by molar-refractivity contribution is -0.113. The Balaban J connectivity index is 1.16. The number of nitrogens with zero attached hydrogens (tertiary/aromatic N) is 2. The number of pyridine rings is 1. The molecule has 17 heteroatoms. The van der Waals surface area contributed by atoms with Crippen molar-refractivity contribution in [3.8, 4) is 16.9 Å². The molecular weight excluding hydrogens is 744 g/mol. The molecule has 0 bridgehead atoms. The van der Waals surface area contributed by atoms with Gasteiger partial charge in [-0.2, -0.15) is 4.31 Å². The monoisotopic (exact) mass is 792 g/mol. The van der Waals surface area contributed by atoms with Crippen LogP contribution < -0.4 is 15.4 Å². The fraction of sp³-hybridized carbons (Fsp3) is 0.514. The molecule has 296 valence electrons. The third-order valence-electron chi connectivity index (χ3n) is 9.44. The van der Waals surface area contributed by atoms with Crippen molar-refractivity contribution < 1.29 is 53.3 Å². The highest BCUT2D eigenvalue weighted by atomic mass is 35.5. The Morgan fingerprint density at radius 1 is 0.963 bits per heavy atom. The molecule has 0 radical (unpaired) electrons. The Morgan fingerprint density at radius 2 is 1.70 bits per heavy atom. The number of benzene rings is 2. The largest absolute Gasteiger partial charge is 0.490 e. The maximum atomic E-state index is 13.8. The molecule has 2 aliphatic rings. The van der Waals surface area contributed by atoms with Crippen molar-refractivity contribution >= 4 is 27.7 Å². The number of nitrogens with one attached hydrogen (secondary N) is 2. The quantitative estimate of drug-likeness (QED) is 0.0680. The molecule has 1 aromatic heterocycles. The van der Waals surface area contributed by atoms with E-state index in [1.54, 1.807) is 6.20 Å². The molecule has 8 N–H and O–H groups in total. The molecule has 0 spiro atoms. The molecule has 2 fully saturated rings. The molecule has 0 saturated heterocycles. The molecule has 54 heavy (non-hydrogen) atoms. The fourth-order valence-corrected chi connectivity index (χ4v) is 7.66. The second-order valence-corrected chi connectivity index (χ2v) is 15.9. The number of urea groups is 1. The van der Waals surface area contributed by atoms with Gasteiger partial charge in [0.2, 0.25) is 10.0 Å². The topological polar surface area (TPSA) is 231 Å². The van der Waals surface area contributed by atoms with Gasteiger partial charge in [0.15, 0.2) is 0 Å². The summed E-state index contributed by atoms with van der Waals surface area (Å²) in [5.41, 5.74) is 2.70. The van der Waals surface area contributed by atoms with Crippen molar-refractivity contribution in [3.63, 3.8) is 0 Å². The first-order valence-corrected chi connectivity index (χ1v) is 19.8. The number of aliphatic hydroxyl groups is 6. The third kappa shape index (κ3) is 10.7. The van der Waals surface area contributed by atoms with Crippen LogP contribution in [0.15, 0.2) is 65.8 Å². The minimum atomic E-state index is -4.06. The molecule has 5 rings (SSSR count). The van der Waals surface area contributed by atoms with E-state index in [1.165, 1.54) is 18.2 Å². The number of sulfonamides is 1. The standard InChI is InChI=1S/C37H49ClN4O11S/c38-30-10-9-26(54(50,51)42(17-18-43)16-4-3-14-40-36(49)41-21-31(45)34(47)35(48)32(46)22-44)19-24(30)23-52-37(12-13-37)29-20-39-15-11-27(29)28-5-1-2-6-33(28)53-25-7-8-25/h1-2,5-6,9-11,15,19-20,25,31-32,34-35,43-48H,3-4,7-8,12-14,16-18,21-23H2,(H2,40,41,49)/t31-,32+,34+,35+/m0/s1. The van der Waals surface area contributed by atoms with Crippen LogP contribution in [0.3, 0.4) is 0 Å². The molecule has 15 nitrogen and oxygen atoms in total. The smallest absolute Gasteiger partial charge is 0.314 e. The van der Waals surface area contributed by atoms with E-state index in [1.807, 2.05) is 36.5 Å². The Labute approximate surface area is 319 Å². The van der Waals surface area contributed by atoms with Crippen LogP contribution >= 0.6 is 11.6 Å². The predicted octanol–water partition coefficient (Wildman–Crippen LogP) is 1.65. The van der Waals surface area contributed by atoms with E-state index in [-0.39, 0.29) is 37.2 Å². The average Bonchev–Trinajstić information content (AvgIpc) is 4.13. The highest BCUT2D eigenvalue weighted by molar-refractivity contribution is 7.89. The number of halogens is 1. The summed E-state index contributed by atoms with van der Waals surface area (Å²) in [6.45, 7) is -1.60. The number of hydrogen-bond acceptors (Lipinski definition) is 12. The first-order valence-electron chi connectivity index (χ1n) is 18.0. The van der Waals surface area contributed by atoms with Gasteiger partial charge in [-0.1, -0.05) is 29.8 Å². The SMILES string of the molecule is O=C(NCCCCN(CCO)S(=O)(=O)c1ccc(Cl)c(COC2(c3cnccc3-c3ccccc3OC3CC3)CC2)c1)NC[C@H](O)[C@@H](O)[C@H](O)[C@H](O)CO. The summed E-state index contributed by atoms with van der Waals surface area (Å²) in [4.78, 5) is 16.5. The van der Waals surface area contributed by atoms with Crippen LogP contribution in [0.1, 0.15) is 49.7 Å². The molecule has 2 aliphatic carbocycles. The number of carbonyl (C=O) groups is 1. The molecule has 2 aromatic carbocycles. The Bertz CT molecular complexity index is 1810. The average molecular weight is 793 g/mol. The van der Waals surface area contributed by atoms with Gasteiger partial charge in [-0.15, -0.1) is 0 Å². The highest BCUT2D eigenvalue weighted by Crippen LogP contribution is 2.53. The van der Waals surface area contributed by atoms with Crippen LogP contribution in [0.2, 0.25) is 5.02 Å². The molecule has 4 atom stereocenters. The highest BCUT2D eigenvalue weighted by Gasteiger charge is 2.48. The summed E-state index contributed by atoms with van der Waals surface area (Å²) >= 11 is 6.56. The summed E-state index contributed by atoms with van der Waals surface area (Å²) in [7, 11) is -4.06. The van der Waals surface area contributed by atoms with E-state index in [9.17, 15) is 38.7 Å². The van der Waals surface area contributed by atoms with Crippen LogP contribution in [0, 0.1) is 0 Å². The van der Waals surface area contributed by atoms with Crippen LogP contribution in [0.4, 0.5) is 4.79 Å². The fourth-order valence-electron chi connectivity index (χ4n) is 5.96. The molecule has 0 unspecified atom stereocenters. The van der Waals surface area contributed by atoms with Crippen LogP contribution in [0.25, 0.3) is 11.1 Å². The van der Waals surface area contributed by atoms with E-state index < -0.39 is 65.8 Å². The van der Waals surface area contributed by atoms with E-state index in [0.717, 1.165) is 52.4 Å². The van der Waals surface area contributed by atoms with Gasteiger partial charge in [0.1, 0.15) is 24.1 Å². The lowest BCUT2D eigenvalue weighted by Crippen LogP contribution is -2.50. The Morgan fingerprint density at radius 3 is 2.41 bits per heavy atom. The summed E-state index contributed by atoms with van der Waals surface area (Å²) in [5, 5.41) is 62.7. The predicted molar refractivity (Wildman–Crippen MR) is 198 cm³/mol. The van der Waals surface area contributed by atoms with Crippen LogP contribution in [-0.2, 0) is 27.0 Å². The normalized spacial score (nSPS) is 17.4. The molecule has 2 amide bonds. The number of para-hydroxylation sites is 1. The van der Waals surface area contributed by atoms with Crippen molar-refractivity contribution in [2.75, 3.05) is 39.4 Å². The van der Waals surface area contributed by atoms with E-state index in [4.69, 9.17) is 26.2 Å². The van der Waals surface area contributed by atoms with Gasteiger partial charge in [0.25, 0.3) is 0 Å². The minimum absolute atomic E-state index is 0.00751. The Kier molecular flexibility index (Phi) is 14.6. The number of rotatable bonds is 22. The van der Waals surface area contributed by atoms with Crippen molar-refractivity contribution in [1.82, 2.24) is 19.9 Å². The van der Waals surface area contributed by atoms with Gasteiger partial charge >= 0.3 is 6.03 Å². The first kappa shape index (κ1) is 41.7. The molecule has 1 heterocycles. The van der Waals surface area contributed by atoms with Gasteiger partial charge in [-0.3, -0.25) is 4.98 Å².